The second-order valence-corrected chi connectivity index (χ2v) is 6.32. The van der Waals surface area contributed by atoms with Gasteiger partial charge in [-0.3, -0.25) is 4.79 Å². The highest BCUT2D eigenvalue weighted by atomic mass is 16.1. The first-order chi connectivity index (χ1) is 10.5. The third kappa shape index (κ3) is 3.03. The van der Waals surface area contributed by atoms with E-state index in [9.17, 15) is 4.79 Å². The maximum atomic E-state index is 11.8. The summed E-state index contributed by atoms with van der Waals surface area (Å²) in [7, 11) is 0. The van der Waals surface area contributed by atoms with Gasteiger partial charge in [0.1, 0.15) is 11.6 Å². The molecule has 3 rings (SSSR count). The van der Waals surface area contributed by atoms with Gasteiger partial charge >= 0.3 is 0 Å². The lowest BCUT2D eigenvalue weighted by molar-refractivity contribution is 0.602. The molecule has 5 nitrogen and oxygen atoms in total. The summed E-state index contributed by atoms with van der Waals surface area (Å²) in [6.07, 6.45) is 5.45. The van der Waals surface area contributed by atoms with E-state index in [2.05, 4.69) is 27.2 Å². The van der Waals surface area contributed by atoms with Crippen molar-refractivity contribution in [2.75, 3.05) is 5.32 Å². The van der Waals surface area contributed by atoms with E-state index >= 15 is 0 Å². The lowest BCUT2D eigenvalue weighted by Gasteiger charge is -2.13. The van der Waals surface area contributed by atoms with E-state index in [0.29, 0.717) is 17.4 Å². The fraction of sp³-hybridized carbons (Fsp3) is 0.471. The van der Waals surface area contributed by atoms with Crippen LogP contribution in [0.3, 0.4) is 0 Å². The average molecular weight is 298 g/mol. The van der Waals surface area contributed by atoms with Gasteiger partial charge in [0.05, 0.1) is 0 Å². The van der Waals surface area contributed by atoms with Gasteiger partial charge in [-0.15, -0.1) is 0 Å². The van der Waals surface area contributed by atoms with Crippen LogP contribution in [0.1, 0.15) is 37.4 Å². The number of nitrogens with one attached hydrogen (secondary N) is 2. The number of hydrogen-bond acceptors (Lipinski definition) is 4. The largest absolute Gasteiger partial charge is 0.367 e. The fourth-order valence-electron chi connectivity index (χ4n) is 2.95. The SMILES string of the molecule is Cc1nc(-c2ccc(NC3CCC(C)C3)nc2)[nH]c(=O)c1C. The van der Waals surface area contributed by atoms with Gasteiger partial charge in [0, 0.05) is 29.1 Å². The van der Waals surface area contributed by atoms with Crippen LogP contribution in [0.5, 0.6) is 0 Å². The quantitative estimate of drug-likeness (QED) is 0.913. The number of nitrogens with zero attached hydrogens (tertiary/aromatic N) is 2. The molecule has 1 aliphatic rings. The van der Waals surface area contributed by atoms with Gasteiger partial charge in [-0.25, -0.2) is 9.97 Å². The van der Waals surface area contributed by atoms with E-state index < -0.39 is 0 Å². The predicted octanol–water partition coefficient (Wildman–Crippen LogP) is 3.05. The molecule has 1 aliphatic carbocycles. The molecule has 0 aliphatic heterocycles. The van der Waals surface area contributed by atoms with Gasteiger partial charge in [0.15, 0.2) is 0 Å². The molecule has 2 atom stereocenters. The Morgan fingerprint density at radius 1 is 1.27 bits per heavy atom. The maximum absolute atomic E-state index is 11.8. The predicted molar refractivity (Wildman–Crippen MR) is 88.0 cm³/mol. The van der Waals surface area contributed by atoms with Crippen LogP contribution in [0.2, 0.25) is 0 Å². The molecule has 22 heavy (non-hydrogen) atoms. The van der Waals surface area contributed by atoms with E-state index in [4.69, 9.17) is 0 Å². The molecule has 1 fully saturated rings. The minimum Gasteiger partial charge on any atom is -0.367 e. The van der Waals surface area contributed by atoms with Crippen molar-refractivity contribution in [3.05, 3.63) is 39.9 Å². The molecule has 2 N–H and O–H groups in total. The van der Waals surface area contributed by atoms with Gasteiger partial charge in [-0.2, -0.15) is 0 Å². The van der Waals surface area contributed by atoms with Crippen LogP contribution in [0.15, 0.2) is 23.1 Å². The standard InChI is InChI=1S/C17H22N4O/c1-10-4-6-14(8-10)20-15-7-5-13(9-18-15)16-19-12(3)11(2)17(22)21-16/h5,7,9-10,14H,4,6,8H2,1-3H3,(H,18,20)(H,19,21,22). The number of anilines is 1. The minimum absolute atomic E-state index is 0.0929. The molecule has 0 bridgehead atoms. The Bertz CT molecular complexity index is 720. The zero-order valence-corrected chi connectivity index (χ0v) is 13.3. The van der Waals surface area contributed by atoms with Crippen molar-refractivity contribution < 1.29 is 0 Å². The van der Waals surface area contributed by atoms with E-state index in [1.54, 1.807) is 13.1 Å². The highest BCUT2D eigenvalue weighted by Gasteiger charge is 2.21. The van der Waals surface area contributed by atoms with Crippen LogP contribution < -0.4 is 10.9 Å². The molecule has 116 valence electrons. The Kier molecular flexibility index (Phi) is 3.96. The Hall–Kier alpha value is -2.17. The highest BCUT2D eigenvalue weighted by Crippen LogP contribution is 2.27. The second-order valence-electron chi connectivity index (χ2n) is 6.32. The van der Waals surface area contributed by atoms with Crippen LogP contribution in [0.4, 0.5) is 5.82 Å². The lowest BCUT2D eigenvalue weighted by atomic mass is 10.1. The molecule has 2 heterocycles. The summed E-state index contributed by atoms with van der Waals surface area (Å²) in [4.78, 5) is 23.5. The molecule has 0 radical (unpaired) electrons. The van der Waals surface area contributed by atoms with Gasteiger partial charge in [0.2, 0.25) is 0 Å². The monoisotopic (exact) mass is 298 g/mol. The van der Waals surface area contributed by atoms with E-state index in [1.165, 1.54) is 19.3 Å². The van der Waals surface area contributed by atoms with Crippen LogP contribution in [0, 0.1) is 19.8 Å². The average Bonchev–Trinajstić information content (AvgIpc) is 2.90. The molecule has 2 aromatic heterocycles. The summed E-state index contributed by atoms with van der Waals surface area (Å²) < 4.78 is 0. The third-order valence-electron chi connectivity index (χ3n) is 4.48. The number of aromatic amines is 1. The normalized spacial score (nSPS) is 21.0. The van der Waals surface area contributed by atoms with Crippen molar-refractivity contribution in [1.82, 2.24) is 15.0 Å². The first-order valence-corrected chi connectivity index (χ1v) is 7.83. The first-order valence-electron chi connectivity index (χ1n) is 7.83. The molecule has 2 aromatic rings. The molecule has 0 amide bonds. The number of aryl methyl sites for hydroxylation is 1. The van der Waals surface area contributed by atoms with Crippen molar-refractivity contribution in [2.45, 2.75) is 46.1 Å². The summed E-state index contributed by atoms with van der Waals surface area (Å²) in [5.41, 5.74) is 2.14. The molecule has 1 saturated carbocycles. The smallest absolute Gasteiger partial charge is 0.254 e. The van der Waals surface area contributed by atoms with Gasteiger partial charge in [-0.1, -0.05) is 6.92 Å². The summed E-state index contributed by atoms with van der Waals surface area (Å²) in [6, 6.07) is 4.42. The van der Waals surface area contributed by atoms with E-state index in [-0.39, 0.29) is 5.56 Å². The summed E-state index contributed by atoms with van der Waals surface area (Å²) in [5.74, 6) is 2.25. The molecule has 0 saturated heterocycles. The Balaban J connectivity index is 1.78. The Morgan fingerprint density at radius 2 is 2.09 bits per heavy atom. The van der Waals surface area contributed by atoms with Crippen LogP contribution in [0.25, 0.3) is 11.4 Å². The number of H-pyrrole nitrogens is 1. The van der Waals surface area contributed by atoms with Crippen molar-refractivity contribution in [1.29, 1.82) is 0 Å². The van der Waals surface area contributed by atoms with E-state index in [1.807, 2.05) is 19.1 Å². The van der Waals surface area contributed by atoms with E-state index in [0.717, 1.165) is 23.0 Å². The first kappa shape index (κ1) is 14.8. The summed E-state index contributed by atoms with van der Waals surface area (Å²) in [6.45, 7) is 5.91. The van der Waals surface area contributed by atoms with Gasteiger partial charge in [0.25, 0.3) is 5.56 Å². The molecule has 0 aromatic carbocycles. The number of aromatic nitrogens is 3. The zero-order chi connectivity index (χ0) is 15.7. The van der Waals surface area contributed by atoms with Gasteiger partial charge in [-0.05, 0) is 51.2 Å². The molecule has 0 spiro atoms. The Morgan fingerprint density at radius 3 is 2.68 bits per heavy atom. The van der Waals surface area contributed by atoms with Crippen LogP contribution >= 0.6 is 0 Å². The zero-order valence-electron chi connectivity index (χ0n) is 13.3. The van der Waals surface area contributed by atoms with Crippen molar-refractivity contribution >= 4 is 5.82 Å². The second kappa shape index (κ2) is 5.91. The van der Waals surface area contributed by atoms with Gasteiger partial charge < -0.3 is 10.3 Å². The fourth-order valence-corrected chi connectivity index (χ4v) is 2.95. The van der Waals surface area contributed by atoms with Crippen LogP contribution in [-0.4, -0.2) is 21.0 Å². The van der Waals surface area contributed by atoms with Crippen LogP contribution in [-0.2, 0) is 0 Å². The maximum Gasteiger partial charge on any atom is 0.254 e. The topological polar surface area (TPSA) is 70.7 Å². The number of rotatable bonds is 3. The molecule has 2 unspecified atom stereocenters. The summed E-state index contributed by atoms with van der Waals surface area (Å²) >= 11 is 0. The highest BCUT2D eigenvalue weighted by molar-refractivity contribution is 5.56. The number of pyridine rings is 1. The number of hydrogen-bond donors (Lipinski definition) is 2. The summed E-state index contributed by atoms with van der Waals surface area (Å²) in [5, 5.41) is 3.48. The molecular formula is C17H22N4O. The van der Waals surface area contributed by atoms with Crippen molar-refractivity contribution in [3.63, 3.8) is 0 Å². The third-order valence-corrected chi connectivity index (χ3v) is 4.48. The Labute approximate surface area is 130 Å². The van der Waals surface area contributed by atoms with Crippen molar-refractivity contribution in [3.8, 4) is 11.4 Å². The molecular weight excluding hydrogens is 276 g/mol. The molecule has 5 heteroatoms. The minimum atomic E-state index is -0.0929. The van der Waals surface area contributed by atoms with Crippen molar-refractivity contribution in [2.24, 2.45) is 5.92 Å². The lowest BCUT2D eigenvalue weighted by Crippen LogP contribution is -2.16.